The van der Waals surface area contributed by atoms with Crippen molar-refractivity contribution in [2.75, 3.05) is 12.3 Å². The molecule has 0 aliphatic rings. The molecule has 0 aliphatic carbocycles. The highest BCUT2D eigenvalue weighted by atomic mass is 32.1. The van der Waals surface area contributed by atoms with Gasteiger partial charge in [0.25, 0.3) is 0 Å². The maximum atomic E-state index is 11.6. The van der Waals surface area contributed by atoms with E-state index < -0.39 is 12.0 Å². The largest absolute Gasteiger partial charge is 0.548 e. The number of carbonyl (C=O) groups is 2. The van der Waals surface area contributed by atoms with E-state index in [0.717, 1.165) is 25.8 Å². The van der Waals surface area contributed by atoms with Crippen molar-refractivity contribution in [3.05, 3.63) is 0 Å². The molecule has 0 fully saturated rings. The van der Waals surface area contributed by atoms with E-state index in [1.165, 1.54) is 77.0 Å². The molecule has 0 aromatic heterocycles. The molecule has 4 N–H and O–H groups in total. The Hall–Kier alpha value is -0.750. The zero-order valence-corrected chi connectivity index (χ0v) is 18.1. The number of amides is 1. The minimum Gasteiger partial charge on any atom is -0.548 e. The quantitative estimate of drug-likeness (QED) is 0.216. The standard InChI is InChI=1S/C21H42N2O3S/c22-17-15-13-11-9-7-5-3-1-2-4-6-8-10-12-14-16-20(24)23-19(18-27)21(25)26/h19,27H,1-18,22H2,(H,23,24)(H,25,26). The van der Waals surface area contributed by atoms with Gasteiger partial charge in [-0.3, -0.25) is 4.79 Å². The van der Waals surface area contributed by atoms with Crippen molar-refractivity contribution in [3.8, 4) is 0 Å². The molecule has 1 atom stereocenters. The van der Waals surface area contributed by atoms with E-state index >= 15 is 0 Å². The van der Waals surface area contributed by atoms with Crippen molar-refractivity contribution in [1.29, 1.82) is 0 Å². The molecule has 0 saturated carbocycles. The van der Waals surface area contributed by atoms with Crippen LogP contribution in [0, 0.1) is 0 Å². The second-order valence-electron chi connectivity index (χ2n) is 7.53. The van der Waals surface area contributed by atoms with Crippen LogP contribution in [0.5, 0.6) is 0 Å². The number of carbonyl (C=O) groups excluding carboxylic acids is 2. The van der Waals surface area contributed by atoms with Gasteiger partial charge in [0.1, 0.15) is 0 Å². The van der Waals surface area contributed by atoms with Gasteiger partial charge in [-0.1, -0.05) is 77.0 Å². The van der Waals surface area contributed by atoms with Crippen molar-refractivity contribution in [1.82, 2.24) is 5.32 Å². The Labute approximate surface area is 171 Å². The highest BCUT2D eigenvalue weighted by Gasteiger charge is 2.10. The first-order valence-corrected chi connectivity index (χ1v) is 11.7. The summed E-state index contributed by atoms with van der Waals surface area (Å²) in [7, 11) is 0. The van der Waals surface area contributed by atoms with Gasteiger partial charge in [-0.25, -0.2) is 0 Å². The van der Waals surface area contributed by atoms with E-state index in [1.807, 2.05) is 0 Å². The van der Waals surface area contributed by atoms with E-state index in [-0.39, 0.29) is 11.7 Å². The lowest BCUT2D eigenvalue weighted by molar-refractivity contribution is -0.368. The monoisotopic (exact) mass is 402 g/mol. The Bertz CT molecular complexity index is 367. The molecule has 5 nitrogen and oxygen atoms in total. The van der Waals surface area contributed by atoms with Crippen molar-refractivity contribution in [2.24, 2.45) is 0 Å². The van der Waals surface area contributed by atoms with Crippen LogP contribution in [0.25, 0.3) is 0 Å². The second kappa shape index (κ2) is 20.0. The van der Waals surface area contributed by atoms with Gasteiger partial charge in [0.2, 0.25) is 5.91 Å². The Morgan fingerprint density at radius 1 is 0.741 bits per heavy atom. The molecular weight excluding hydrogens is 360 g/mol. The van der Waals surface area contributed by atoms with E-state index in [2.05, 4.69) is 23.7 Å². The van der Waals surface area contributed by atoms with Crippen molar-refractivity contribution < 1.29 is 20.4 Å². The summed E-state index contributed by atoms with van der Waals surface area (Å²) in [5.74, 6) is -1.44. The maximum Gasteiger partial charge on any atom is 0.220 e. The molecule has 0 aliphatic heterocycles. The first-order valence-electron chi connectivity index (χ1n) is 11.0. The van der Waals surface area contributed by atoms with E-state index in [1.54, 1.807) is 0 Å². The summed E-state index contributed by atoms with van der Waals surface area (Å²) in [6.07, 6.45) is 19.5. The van der Waals surface area contributed by atoms with Gasteiger partial charge < -0.3 is 21.0 Å². The Morgan fingerprint density at radius 3 is 1.44 bits per heavy atom. The zero-order chi connectivity index (χ0) is 20.2. The third-order valence-electron chi connectivity index (χ3n) is 4.96. The van der Waals surface area contributed by atoms with Gasteiger partial charge in [0.05, 0.1) is 18.6 Å². The maximum absolute atomic E-state index is 11.6. The summed E-state index contributed by atoms with van der Waals surface area (Å²) in [5, 5.41) is 13.2. The van der Waals surface area contributed by atoms with Gasteiger partial charge in [-0.15, -0.1) is 0 Å². The van der Waals surface area contributed by atoms with Crippen LogP contribution in [-0.4, -0.2) is 30.2 Å². The van der Waals surface area contributed by atoms with Crippen LogP contribution < -0.4 is 16.2 Å². The van der Waals surface area contributed by atoms with Crippen LogP contribution >= 0.6 is 12.6 Å². The molecular formula is C21H42N2O3S. The molecule has 0 aromatic carbocycles. The number of carboxylic acid groups (broad SMARTS) is 1. The first kappa shape index (κ1) is 26.2. The number of rotatable bonds is 20. The highest BCUT2D eigenvalue weighted by Crippen LogP contribution is 2.13. The van der Waals surface area contributed by atoms with Gasteiger partial charge in [-0.05, 0) is 19.3 Å². The smallest absolute Gasteiger partial charge is 0.220 e. The molecule has 0 heterocycles. The Kier molecular flexibility index (Phi) is 19.4. The van der Waals surface area contributed by atoms with Gasteiger partial charge in [0, 0.05) is 12.2 Å². The summed E-state index contributed by atoms with van der Waals surface area (Å²) in [6.45, 7) is 1.08. The Balaban J connectivity index is 3.25. The van der Waals surface area contributed by atoms with Crippen LogP contribution in [-0.2, 0) is 9.59 Å². The molecule has 0 bridgehead atoms. The van der Waals surface area contributed by atoms with Crippen molar-refractivity contribution in [2.45, 2.75) is 109 Å². The lowest BCUT2D eigenvalue weighted by Crippen LogP contribution is -2.50. The average molecular weight is 403 g/mol. The summed E-state index contributed by atoms with van der Waals surface area (Å²) in [6, 6.07) is -0.987. The predicted octanol–water partition coefficient (Wildman–Crippen LogP) is 2.63. The number of hydrogen-bond donors (Lipinski definition) is 3. The summed E-state index contributed by atoms with van der Waals surface area (Å²) in [5.41, 5.74) is 3.88. The number of hydrogen-bond acceptors (Lipinski definition) is 4. The summed E-state index contributed by atoms with van der Waals surface area (Å²) in [4.78, 5) is 22.3. The number of unbranched alkanes of at least 4 members (excludes halogenated alkanes) is 14. The number of thiol groups is 1. The Morgan fingerprint density at radius 2 is 1.11 bits per heavy atom. The lowest BCUT2D eigenvalue weighted by Gasteiger charge is -2.17. The van der Waals surface area contributed by atoms with Crippen LogP contribution in [0.1, 0.15) is 103 Å². The fourth-order valence-electron chi connectivity index (χ4n) is 3.21. The van der Waals surface area contributed by atoms with Crippen LogP contribution in [0.3, 0.4) is 0 Å². The SMILES string of the molecule is [NH3+]CCCCCCCCCCCCCCCCCC(=O)NC(CS)C(=O)[O-]. The normalized spacial score (nSPS) is 12.1. The molecule has 0 radical (unpaired) electrons. The third-order valence-corrected chi connectivity index (χ3v) is 5.32. The molecule has 0 spiro atoms. The number of aliphatic carboxylic acids is 1. The molecule has 0 saturated heterocycles. The van der Waals surface area contributed by atoms with Gasteiger partial charge in [-0.2, -0.15) is 12.6 Å². The van der Waals surface area contributed by atoms with Gasteiger partial charge in [0.15, 0.2) is 0 Å². The minimum absolute atomic E-state index is 0.0605. The fourth-order valence-corrected chi connectivity index (χ4v) is 3.45. The second-order valence-corrected chi connectivity index (χ2v) is 7.89. The molecule has 160 valence electrons. The third kappa shape index (κ3) is 18.4. The number of nitrogens with one attached hydrogen (secondary N) is 1. The summed E-state index contributed by atoms with van der Waals surface area (Å²) >= 11 is 3.90. The molecule has 27 heavy (non-hydrogen) atoms. The first-order chi connectivity index (χ1) is 13.1. The molecule has 1 amide bonds. The average Bonchev–Trinajstić information content (AvgIpc) is 2.65. The summed E-state index contributed by atoms with van der Waals surface area (Å²) < 4.78 is 0. The number of quaternary nitrogens is 1. The zero-order valence-electron chi connectivity index (χ0n) is 17.2. The van der Waals surface area contributed by atoms with E-state index in [4.69, 9.17) is 0 Å². The van der Waals surface area contributed by atoms with E-state index in [9.17, 15) is 14.7 Å². The molecule has 0 rings (SSSR count). The van der Waals surface area contributed by atoms with Crippen LogP contribution in [0.15, 0.2) is 0 Å². The topological polar surface area (TPSA) is 96.9 Å². The van der Waals surface area contributed by atoms with Crippen molar-refractivity contribution >= 4 is 24.5 Å². The lowest BCUT2D eigenvalue weighted by atomic mass is 10.0. The van der Waals surface area contributed by atoms with Crippen LogP contribution in [0.4, 0.5) is 0 Å². The molecule has 0 aromatic rings. The van der Waals surface area contributed by atoms with Crippen molar-refractivity contribution in [3.63, 3.8) is 0 Å². The molecule has 1 unspecified atom stereocenters. The fraction of sp³-hybridized carbons (Fsp3) is 0.905. The highest BCUT2D eigenvalue weighted by molar-refractivity contribution is 7.80. The predicted molar refractivity (Wildman–Crippen MR) is 112 cm³/mol. The molecule has 6 heteroatoms. The number of carboxylic acids is 1. The van der Waals surface area contributed by atoms with Gasteiger partial charge >= 0.3 is 0 Å². The van der Waals surface area contributed by atoms with E-state index in [0.29, 0.717) is 6.42 Å². The minimum atomic E-state index is -1.27. The van der Waals surface area contributed by atoms with Crippen LogP contribution in [0.2, 0.25) is 0 Å².